The fourth-order valence-corrected chi connectivity index (χ4v) is 5.70. The zero-order valence-electron chi connectivity index (χ0n) is 23.3. The lowest BCUT2D eigenvalue weighted by atomic mass is 9.83. The number of rotatable bonds is 12. The van der Waals surface area contributed by atoms with Crippen molar-refractivity contribution >= 4 is 28.8 Å². The van der Waals surface area contributed by atoms with E-state index in [0.29, 0.717) is 12.2 Å². The number of carbonyl (C=O) groups excluding carboxylic acids is 1. The molecule has 0 radical (unpaired) electrons. The molecule has 41 heavy (non-hydrogen) atoms. The number of anilines is 1. The molecule has 4 N–H and O–H groups in total. The highest BCUT2D eigenvalue weighted by molar-refractivity contribution is 6.08. The van der Waals surface area contributed by atoms with E-state index in [1.165, 1.54) is 12.1 Å². The minimum atomic E-state index is -1.17. The molecule has 3 aromatic rings. The smallest absolute Gasteiger partial charge is 0.305 e. The monoisotopic (exact) mass is 560 g/mol. The Morgan fingerprint density at radius 1 is 0.878 bits per heavy atom. The van der Waals surface area contributed by atoms with Gasteiger partial charge in [0.25, 0.3) is 0 Å². The summed E-state index contributed by atoms with van der Waals surface area (Å²) in [4.78, 5) is 27.2. The molecule has 0 aliphatic carbocycles. The predicted molar refractivity (Wildman–Crippen MR) is 157 cm³/mol. The largest absolute Gasteiger partial charge is 0.481 e. The normalized spacial score (nSPS) is 18.4. The Hall–Kier alpha value is -4.01. The average molecular weight is 561 g/mol. The minimum Gasteiger partial charge on any atom is -0.481 e. The lowest BCUT2D eigenvalue weighted by Crippen LogP contribution is -2.43. The Labute approximate surface area is 240 Å². The van der Waals surface area contributed by atoms with Crippen molar-refractivity contribution in [2.75, 3.05) is 11.9 Å². The third-order valence-electron chi connectivity index (χ3n) is 7.42. The molecule has 7 nitrogen and oxygen atoms in total. The number of nitrogens with one attached hydrogen (secondary N) is 1. The number of hydrogen-bond donors (Lipinski definition) is 4. The van der Waals surface area contributed by atoms with Crippen molar-refractivity contribution < 1.29 is 29.3 Å². The number of amides is 1. The Balaban J connectivity index is 1.79. The van der Waals surface area contributed by atoms with Crippen LogP contribution in [0.2, 0.25) is 0 Å². The number of nitrogens with zero attached hydrogens (tertiary/aromatic N) is 1. The van der Waals surface area contributed by atoms with Gasteiger partial charge in [0.1, 0.15) is 5.82 Å². The molecule has 0 aromatic heterocycles. The van der Waals surface area contributed by atoms with Gasteiger partial charge in [0, 0.05) is 24.0 Å². The lowest BCUT2D eigenvalue weighted by molar-refractivity contribution is -0.139. The number of carboxylic acids is 1. The van der Waals surface area contributed by atoms with E-state index in [1.54, 1.807) is 12.1 Å². The van der Waals surface area contributed by atoms with Crippen LogP contribution in [0.15, 0.2) is 84.9 Å². The van der Waals surface area contributed by atoms with E-state index in [1.807, 2.05) is 74.5 Å². The summed E-state index contributed by atoms with van der Waals surface area (Å²) < 4.78 is 14.0. The Kier molecular flexibility index (Phi) is 9.91. The number of carbonyl (C=O) groups is 2. The van der Waals surface area contributed by atoms with Gasteiger partial charge in [-0.15, -0.1) is 0 Å². The van der Waals surface area contributed by atoms with Crippen LogP contribution in [0.4, 0.5) is 10.1 Å². The van der Waals surface area contributed by atoms with E-state index >= 15 is 0 Å². The van der Waals surface area contributed by atoms with Crippen LogP contribution in [-0.4, -0.2) is 56.9 Å². The zero-order valence-corrected chi connectivity index (χ0v) is 23.3. The van der Waals surface area contributed by atoms with Crippen LogP contribution in [0.1, 0.15) is 44.2 Å². The molecule has 1 aliphatic rings. The summed E-state index contributed by atoms with van der Waals surface area (Å²) in [6.07, 6.45) is -2.41. The van der Waals surface area contributed by atoms with Crippen molar-refractivity contribution in [1.29, 1.82) is 0 Å². The number of aliphatic hydroxyl groups excluding tert-OH is 2. The van der Waals surface area contributed by atoms with Crippen molar-refractivity contribution in [1.82, 2.24) is 4.90 Å². The first-order valence-corrected chi connectivity index (χ1v) is 13.9. The quantitative estimate of drug-likeness (QED) is 0.240. The van der Waals surface area contributed by atoms with Crippen LogP contribution >= 0.6 is 0 Å². The second-order valence-corrected chi connectivity index (χ2v) is 10.8. The molecule has 1 heterocycles. The molecule has 216 valence electrons. The van der Waals surface area contributed by atoms with E-state index in [0.717, 1.165) is 22.4 Å². The number of benzene rings is 3. The summed E-state index contributed by atoms with van der Waals surface area (Å²) in [6, 6.07) is 24.8. The van der Waals surface area contributed by atoms with Crippen LogP contribution in [0.3, 0.4) is 0 Å². The predicted octanol–water partition coefficient (Wildman–Crippen LogP) is 5.27. The highest BCUT2D eigenvalue weighted by atomic mass is 19.1. The molecule has 4 atom stereocenters. The number of carboxylic acid groups (broad SMARTS) is 1. The second-order valence-electron chi connectivity index (χ2n) is 10.8. The highest BCUT2D eigenvalue weighted by Gasteiger charge is 2.46. The fraction of sp³-hybridized carbons (Fsp3) is 0.333. The van der Waals surface area contributed by atoms with Crippen LogP contribution < -0.4 is 5.32 Å². The number of hydrogen-bond acceptors (Lipinski definition) is 5. The van der Waals surface area contributed by atoms with Crippen LogP contribution in [0.5, 0.6) is 0 Å². The van der Waals surface area contributed by atoms with Crippen LogP contribution in [-0.2, 0) is 9.59 Å². The van der Waals surface area contributed by atoms with Crippen molar-refractivity contribution in [3.63, 3.8) is 0 Å². The van der Waals surface area contributed by atoms with Gasteiger partial charge in [0.15, 0.2) is 0 Å². The Bertz CT molecular complexity index is 1350. The number of aliphatic hydroxyl groups is 2. The van der Waals surface area contributed by atoms with Crippen molar-refractivity contribution in [2.45, 2.75) is 51.4 Å². The topological polar surface area (TPSA) is 110 Å². The average Bonchev–Trinajstić information content (AvgIpc) is 3.28. The first-order chi connectivity index (χ1) is 19.7. The maximum atomic E-state index is 14.1. The van der Waals surface area contributed by atoms with Crippen LogP contribution in [0, 0.1) is 17.7 Å². The highest BCUT2D eigenvalue weighted by Crippen LogP contribution is 2.48. The Morgan fingerprint density at radius 3 is 2.07 bits per heavy atom. The van der Waals surface area contributed by atoms with E-state index in [4.69, 9.17) is 5.11 Å². The van der Waals surface area contributed by atoms with Gasteiger partial charge in [-0.3, -0.25) is 9.59 Å². The third-order valence-corrected chi connectivity index (χ3v) is 7.42. The maximum absolute atomic E-state index is 14.1. The van der Waals surface area contributed by atoms with Gasteiger partial charge in [-0.2, -0.15) is 0 Å². The lowest BCUT2D eigenvalue weighted by Gasteiger charge is -2.35. The molecule has 1 amide bonds. The standard InChI is InChI=1S/C33H37FN2O5/c1-21(2)31-30(33(41)35-25-11-7-4-8-12-25)29(22-9-5-3-6-10-22)32(23-13-15-24(34)16-14-23)36(31)18-17-26(37)19-27(38)20-28(39)40/h3-16,21,26-27,30-31,37-38H,17-20H2,1-2H3,(H,35,41)(H,39,40). The summed E-state index contributed by atoms with van der Waals surface area (Å²) in [5.41, 5.74) is 3.88. The number of aliphatic carboxylic acids is 1. The SMILES string of the molecule is CC(C)C1C(C(=O)Nc2ccccc2)C(c2ccccc2)=C(c2ccc(F)cc2)N1CCC(O)CC(O)CC(=O)O. The van der Waals surface area contributed by atoms with E-state index in [-0.39, 0.29) is 36.5 Å². The van der Waals surface area contributed by atoms with Gasteiger partial charge >= 0.3 is 5.97 Å². The molecule has 0 saturated carbocycles. The van der Waals surface area contributed by atoms with Gasteiger partial charge in [0.05, 0.1) is 24.5 Å². The second kappa shape index (κ2) is 13.6. The summed E-state index contributed by atoms with van der Waals surface area (Å²) >= 11 is 0. The van der Waals surface area contributed by atoms with E-state index < -0.39 is 30.5 Å². The molecule has 0 spiro atoms. The summed E-state index contributed by atoms with van der Waals surface area (Å²) in [6.45, 7) is 4.43. The van der Waals surface area contributed by atoms with Gasteiger partial charge < -0.3 is 25.5 Å². The van der Waals surface area contributed by atoms with Gasteiger partial charge in [-0.05, 0) is 71.9 Å². The van der Waals surface area contributed by atoms with E-state index in [9.17, 15) is 24.2 Å². The molecule has 1 aliphatic heterocycles. The zero-order chi connectivity index (χ0) is 29.5. The first kappa shape index (κ1) is 30.0. The van der Waals surface area contributed by atoms with Gasteiger partial charge in [-0.1, -0.05) is 62.4 Å². The third kappa shape index (κ3) is 7.39. The number of halogens is 1. The van der Waals surface area contributed by atoms with Crippen LogP contribution in [0.25, 0.3) is 11.3 Å². The van der Waals surface area contributed by atoms with Gasteiger partial charge in [0.2, 0.25) is 5.91 Å². The fourth-order valence-electron chi connectivity index (χ4n) is 5.70. The molecule has 0 saturated heterocycles. The summed E-state index contributed by atoms with van der Waals surface area (Å²) in [7, 11) is 0. The Morgan fingerprint density at radius 2 is 1.49 bits per heavy atom. The molecule has 3 aromatic carbocycles. The maximum Gasteiger partial charge on any atom is 0.305 e. The molecule has 4 rings (SSSR count). The minimum absolute atomic E-state index is 0.00734. The van der Waals surface area contributed by atoms with Crippen molar-refractivity contribution in [3.8, 4) is 0 Å². The summed E-state index contributed by atoms with van der Waals surface area (Å²) in [5.74, 6) is -2.26. The molecular weight excluding hydrogens is 523 g/mol. The molecule has 4 unspecified atom stereocenters. The molecule has 0 bridgehead atoms. The van der Waals surface area contributed by atoms with E-state index in [2.05, 4.69) is 10.2 Å². The molecule has 0 fully saturated rings. The van der Waals surface area contributed by atoms with Crippen molar-refractivity contribution in [3.05, 3.63) is 102 Å². The summed E-state index contributed by atoms with van der Waals surface area (Å²) in [5, 5.41) is 32.9. The number of para-hydroxylation sites is 1. The van der Waals surface area contributed by atoms with Crippen molar-refractivity contribution in [2.24, 2.45) is 11.8 Å². The molecular formula is C33H37FN2O5. The first-order valence-electron chi connectivity index (χ1n) is 13.9. The molecule has 8 heteroatoms. The van der Waals surface area contributed by atoms with Gasteiger partial charge in [-0.25, -0.2) is 4.39 Å².